The fourth-order valence-electron chi connectivity index (χ4n) is 1.77. The van der Waals surface area contributed by atoms with Gasteiger partial charge in [0, 0.05) is 15.7 Å². The molecule has 0 radical (unpaired) electrons. The SMILES string of the molecule is COc1cccc(CS(=O)c2ccc(Br)cc2N)c1F. The van der Waals surface area contributed by atoms with E-state index in [0.717, 1.165) is 4.47 Å². The summed E-state index contributed by atoms with van der Waals surface area (Å²) in [6.45, 7) is 0. The number of hydrogen-bond donors (Lipinski definition) is 1. The van der Waals surface area contributed by atoms with E-state index >= 15 is 0 Å². The number of anilines is 1. The van der Waals surface area contributed by atoms with Crippen LogP contribution >= 0.6 is 15.9 Å². The van der Waals surface area contributed by atoms with Crippen molar-refractivity contribution >= 4 is 32.4 Å². The van der Waals surface area contributed by atoms with Gasteiger partial charge in [-0.15, -0.1) is 0 Å². The fourth-order valence-corrected chi connectivity index (χ4v) is 3.35. The number of benzene rings is 2. The largest absolute Gasteiger partial charge is 0.494 e. The molecule has 1 atom stereocenters. The van der Waals surface area contributed by atoms with Crippen molar-refractivity contribution in [3.05, 3.63) is 52.3 Å². The lowest BCUT2D eigenvalue weighted by Gasteiger charge is -2.09. The van der Waals surface area contributed by atoms with Crippen LogP contribution in [0.5, 0.6) is 5.75 Å². The molecule has 2 N–H and O–H groups in total. The summed E-state index contributed by atoms with van der Waals surface area (Å²) in [6.07, 6.45) is 0. The minimum absolute atomic E-state index is 0.0505. The summed E-state index contributed by atoms with van der Waals surface area (Å²) in [6, 6.07) is 9.88. The summed E-state index contributed by atoms with van der Waals surface area (Å²) in [7, 11) is -0.0214. The van der Waals surface area contributed by atoms with Gasteiger partial charge in [-0.25, -0.2) is 4.39 Å². The molecule has 3 nitrogen and oxygen atoms in total. The molecule has 0 heterocycles. The number of ether oxygens (including phenoxy) is 1. The van der Waals surface area contributed by atoms with E-state index in [9.17, 15) is 8.60 Å². The lowest BCUT2D eigenvalue weighted by Crippen LogP contribution is -2.03. The van der Waals surface area contributed by atoms with Crippen molar-refractivity contribution in [2.24, 2.45) is 0 Å². The molecule has 0 aromatic heterocycles. The van der Waals surface area contributed by atoms with Crippen LogP contribution in [0.25, 0.3) is 0 Å². The van der Waals surface area contributed by atoms with E-state index in [1.54, 1.807) is 30.3 Å². The van der Waals surface area contributed by atoms with Gasteiger partial charge in [0.05, 0.1) is 28.6 Å². The molecule has 0 aliphatic heterocycles. The fraction of sp³-hybridized carbons (Fsp3) is 0.143. The summed E-state index contributed by atoms with van der Waals surface area (Å²) in [5, 5.41) is 0. The Morgan fingerprint density at radius 3 is 2.75 bits per heavy atom. The third-order valence-electron chi connectivity index (χ3n) is 2.77. The number of rotatable bonds is 4. The number of halogens is 2. The van der Waals surface area contributed by atoms with Gasteiger partial charge >= 0.3 is 0 Å². The van der Waals surface area contributed by atoms with Crippen molar-refractivity contribution in [1.29, 1.82) is 0 Å². The monoisotopic (exact) mass is 357 g/mol. The third kappa shape index (κ3) is 3.19. The molecule has 2 aromatic carbocycles. The van der Waals surface area contributed by atoms with Crippen LogP contribution in [-0.4, -0.2) is 11.3 Å². The standard InChI is InChI=1S/C14H13BrFNO2S/c1-19-12-4-2-3-9(14(12)16)8-20(18)13-6-5-10(15)7-11(13)17/h2-7H,8,17H2,1H3. The average molecular weight is 358 g/mol. The maximum atomic E-state index is 14.0. The van der Waals surface area contributed by atoms with E-state index in [-0.39, 0.29) is 11.5 Å². The highest BCUT2D eigenvalue weighted by Gasteiger charge is 2.14. The molecule has 2 rings (SSSR count). The van der Waals surface area contributed by atoms with E-state index in [1.807, 2.05) is 0 Å². The van der Waals surface area contributed by atoms with Gasteiger partial charge in [0.2, 0.25) is 0 Å². The molecule has 0 spiro atoms. The van der Waals surface area contributed by atoms with Gasteiger partial charge in [-0.3, -0.25) is 4.21 Å². The zero-order valence-corrected chi connectivity index (χ0v) is 13.1. The van der Waals surface area contributed by atoms with Crippen molar-refractivity contribution in [2.45, 2.75) is 10.6 Å². The highest BCUT2D eigenvalue weighted by molar-refractivity contribution is 9.10. The molecule has 0 amide bonds. The molecule has 1 unspecified atom stereocenters. The lowest BCUT2D eigenvalue weighted by molar-refractivity contribution is 0.385. The smallest absolute Gasteiger partial charge is 0.169 e. The third-order valence-corrected chi connectivity index (χ3v) is 4.70. The number of nitrogens with two attached hydrogens (primary N) is 1. The Kier molecular flexibility index (Phi) is 4.77. The first kappa shape index (κ1) is 15.0. The first-order chi connectivity index (χ1) is 9.52. The molecule has 0 saturated heterocycles. The normalized spacial score (nSPS) is 12.2. The van der Waals surface area contributed by atoms with E-state index in [4.69, 9.17) is 10.5 Å². The molecule has 0 fully saturated rings. The molecular formula is C14H13BrFNO2S. The zero-order valence-electron chi connectivity index (χ0n) is 10.7. The van der Waals surface area contributed by atoms with Gasteiger partial charge in [-0.2, -0.15) is 0 Å². The zero-order chi connectivity index (χ0) is 14.7. The topological polar surface area (TPSA) is 52.3 Å². The maximum absolute atomic E-state index is 14.0. The molecule has 0 bridgehead atoms. The van der Waals surface area contributed by atoms with Crippen molar-refractivity contribution in [2.75, 3.05) is 12.8 Å². The Morgan fingerprint density at radius 1 is 1.35 bits per heavy atom. The van der Waals surface area contributed by atoms with E-state index in [1.165, 1.54) is 13.2 Å². The lowest BCUT2D eigenvalue weighted by atomic mass is 10.2. The quantitative estimate of drug-likeness (QED) is 0.852. The number of methoxy groups -OCH3 is 1. The Labute approximate surface area is 127 Å². The highest BCUT2D eigenvalue weighted by atomic mass is 79.9. The van der Waals surface area contributed by atoms with Crippen LogP contribution in [0.1, 0.15) is 5.56 Å². The van der Waals surface area contributed by atoms with Crippen molar-refractivity contribution < 1.29 is 13.3 Å². The predicted molar refractivity (Wildman–Crippen MR) is 81.6 cm³/mol. The van der Waals surface area contributed by atoms with E-state index < -0.39 is 16.6 Å². The second-order valence-corrected chi connectivity index (χ2v) is 6.44. The predicted octanol–water partition coefficient (Wildman–Crippen LogP) is 3.49. The summed E-state index contributed by atoms with van der Waals surface area (Å²) >= 11 is 3.29. The molecule has 6 heteroatoms. The van der Waals surface area contributed by atoms with Crippen LogP contribution in [-0.2, 0) is 16.6 Å². The molecule has 0 saturated carbocycles. The second-order valence-electron chi connectivity index (χ2n) is 4.11. The van der Waals surface area contributed by atoms with Crippen molar-refractivity contribution in [1.82, 2.24) is 0 Å². The highest BCUT2D eigenvalue weighted by Crippen LogP contribution is 2.26. The van der Waals surface area contributed by atoms with Gasteiger partial charge in [-0.05, 0) is 24.3 Å². The minimum Gasteiger partial charge on any atom is -0.494 e. The maximum Gasteiger partial charge on any atom is 0.169 e. The van der Waals surface area contributed by atoms with E-state index in [0.29, 0.717) is 16.1 Å². The Morgan fingerprint density at radius 2 is 2.10 bits per heavy atom. The summed E-state index contributed by atoms with van der Waals surface area (Å²) in [5.74, 6) is -0.295. The van der Waals surface area contributed by atoms with Gasteiger partial charge < -0.3 is 10.5 Å². The van der Waals surface area contributed by atoms with Crippen molar-refractivity contribution in [3.8, 4) is 5.75 Å². The Balaban J connectivity index is 2.28. The first-order valence-electron chi connectivity index (χ1n) is 5.77. The molecule has 0 aliphatic carbocycles. The Hall–Kier alpha value is -1.40. The first-order valence-corrected chi connectivity index (χ1v) is 7.89. The minimum atomic E-state index is -1.42. The van der Waals surface area contributed by atoms with Crippen LogP contribution in [0.15, 0.2) is 45.8 Å². The van der Waals surface area contributed by atoms with Crippen LogP contribution in [0, 0.1) is 5.82 Å². The number of nitrogen functional groups attached to an aromatic ring is 1. The van der Waals surface area contributed by atoms with Crippen LogP contribution in [0.4, 0.5) is 10.1 Å². The molecule has 0 aliphatic rings. The molecule has 2 aromatic rings. The molecule has 106 valence electrons. The second kappa shape index (κ2) is 6.37. The van der Waals surface area contributed by atoms with Crippen LogP contribution < -0.4 is 10.5 Å². The van der Waals surface area contributed by atoms with Gasteiger partial charge in [0.25, 0.3) is 0 Å². The molecular weight excluding hydrogens is 345 g/mol. The summed E-state index contributed by atoms with van der Waals surface area (Å²) in [5.41, 5.74) is 6.58. The Bertz CT molecular complexity index is 664. The molecule has 20 heavy (non-hydrogen) atoms. The van der Waals surface area contributed by atoms with Crippen LogP contribution in [0.2, 0.25) is 0 Å². The van der Waals surface area contributed by atoms with Gasteiger partial charge in [0.1, 0.15) is 0 Å². The van der Waals surface area contributed by atoms with Crippen LogP contribution in [0.3, 0.4) is 0 Å². The average Bonchev–Trinajstić information content (AvgIpc) is 2.41. The van der Waals surface area contributed by atoms with Gasteiger partial charge in [0.15, 0.2) is 11.6 Å². The van der Waals surface area contributed by atoms with Gasteiger partial charge in [-0.1, -0.05) is 28.1 Å². The summed E-state index contributed by atoms with van der Waals surface area (Å²) < 4.78 is 32.0. The van der Waals surface area contributed by atoms with E-state index in [2.05, 4.69) is 15.9 Å². The summed E-state index contributed by atoms with van der Waals surface area (Å²) in [4.78, 5) is 0.496. The number of hydrogen-bond acceptors (Lipinski definition) is 3. The van der Waals surface area contributed by atoms with Crippen molar-refractivity contribution in [3.63, 3.8) is 0 Å².